The van der Waals surface area contributed by atoms with Crippen molar-refractivity contribution >= 4 is 28.9 Å². The fourth-order valence-corrected chi connectivity index (χ4v) is 2.50. The summed E-state index contributed by atoms with van der Waals surface area (Å²) in [4.78, 5) is 4.35. The highest BCUT2D eigenvalue weighted by Crippen LogP contribution is 2.18. The van der Waals surface area contributed by atoms with Gasteiger partial charge in [0.2, 0.25) is 0 Å². The predicted octanol–water partition coefficient (Wildman–Crippen LogP) is 3.77. The number of nitrogens with zero attached hydrogens (tertiary/aromatic N) is 1. The normalized spacial score (nSPS) is 10.9. The Morgan fingerprint density at radius 3 is 2.95 bits per heavy atom. The molecule has 0 spiro atoms. The van der Waals surface area contributed by atoms with E-state index in [2.05, 4.69) is 10.3 Å². The maximum atomic E-state index is 5.57. The second kappa shape index (κ2) is 5.84. The number of oxazole rings is 1. The van der Waals surface area contributed by atoms with Crippen molar-refractivity contribution in [3.8, 4) is 0 Å². The molecule has 1 N–H and O–H groups in total. The van der Waals surface area contributed by atoms with E-state index in [1.54, 1.807) is 6.26 Å². The van der Waals surface area contributed by atoms with Crippen LogP contribution in [0.4, 0.5) is 6.01 Å². The molecule has 2 aromatic heterocycles. The summed E-state index contributed by atoms with van der Waals surface area (Å²) >= 11 is 1.81. The number of hydrogen-bond donors (Lipinski definition) is 1. The highest BCUT2D eigenvalue weighted by molar-refractivity contribution is 7.98. The number of benzene rings is 1. The minimum Gasteiger partial charge on any atom is -0.468 e. The molecule has 0 aliphatic carbocycles. The molecule has 4 nitrogen and oxygen atoms in total. The maximum Gasteiger partial charge on any atom is 0.295 e. The van der Waals surface area contributed by atoms with E-state index in [0.717, 1.165) is 34.9 Å². The number of thioether (sulfide) groups is 1. The van der Waals surface area contributed by atoms with Gasteiger partial charge in [-0.25, -0.2) is 0 Å². The summed E-state index contributed by atoms with van der Waals surface area (Å²) in [5.74, 6) is 2.87. The Morgan fingerprint density at radius 1 is 1.16 bits per heavy atom. The van der Waals surface area contributed by atoms with Gasteiger partial charge in [0.25, 0.3) is 6.01 Å². The van der Waals surface area contributed by atoms with Gasteiger partial charge >= 0.3 is 0 Å². The number of fused-ring (bicyclic) bond motifs is 1. The summed E-state index contributed by atoms with van der Waals surface area (Å²) in [6.07, 6.45) is 1.70. The lowest BCUT2D eigenvalue weighted by Crippen LogP contribution is -2.04. The topological polar surface area (TPSA) is 51.2 Å². The van der Waals surface area contributed by atoms with Crippen LogP contribution in [-0.4, -0.2) is 17.3 Å². The van der Waals surface area contributed by atoms with E-state index in [9.17, 15) is 0 Å². The van der Waals surface area contributed by atoms with Gasteiger partial charge in [0, 0.05) is 12.3 Å². The lowest BCUT2D eigenvalue weighted by Gasteiger charge is -2.00. The zero-order valence-electron chi connectivity index (χ0n) is 10.3. The SMILES string of the molecule is c1coc(CSCCNc2nc3ccccc3o2)c1. The van der Waals surface area contributed by atoms with Gasteiger partial charge in [0.1, 0.15) is 11.3 Å². The molecule has 19 heavy (non-hydrogen) atoms. The molecule has 1 aromatic carbocycles. The van der Waals surface area contributed by atoms with Crippen LogP contribution in [0.25, 0.3) is 11.1 Å². The molecule has 0 saturated heterocycles. The van der Waals surface area contributed by atoms with Crippen molar-refractivity contribution in [3.05, 3.63) is 48.4 Å². The molecule has 3 aromatic rings. The summed E-state index contributed by atoms with van der Waals surface area (Å²) in [6.45, 7) is 0.818. The lowest BCUT2D eigenvalue weighted by molar-refractivity contribution is 0.530. The second-order valence-electron chi connectivity index (χ2n) is 4.05. The van der Waals surface area contributed by atoms with Crippen molar-refractivity contribution in [2.45, 2.75) is 5.75 Å². The van der Waals surface area contributed by atoms with Crippen LogP contribution >= 0.6 is 11.8 Å². The predicted molar refractivity (Wildman–Crippen MR) is 77.4 cm³/mol. The van der Waals surface area contributed by atoms with E-state index >= 15 is 0 Å². The first-order chi connectivity index (χ1) is 9.42. The molecule has 0 aliphatic heterocycles. The summed E-state index contributed by atoms with van der Waals surface area (Å²) in [5, 5.41) is 3.18. The first kappa shape index (κ1) is 12.2. The van der Waals surface area contributed by atoms with Crippen LogP contribution in [0, 0.1) is 0 Å². The minimum atomic E-state index is 0.583. The van der Waals surface area contributed by atoms with Gasteiger partial charge in [-0.1, -0.05) is 12.1 Å². The molecule has 0 unspecified atom stereocenters. The van der Waals surface area contributed by atoms with E-state index < -0.39 is 0 Å². The van der Waals surface area contributed by atoms with Crippen molar-refractivity contribution in [3.63, 3.8) is 0 Å². The van der Waals surface area contributed by atoms with Gasteiger partial charge in [0.05, 0.1) is 12.0 Å². The van der Waals surface area contributed by atoms with Crippen LogP contribution in [0.5, 0.6) is 0 Å². The Bertz CT molecular complexity index is 601. The van der Waals surface area contributed by atoms with Gasteiger partial charge in [-0.2, -0.15) is 16.7 Å². The van der Waals surface area contributed by atoms with Crippen molar-refractivity contribution in [1.29, 1.82) is 0 Å². The monoisotopic (exact) mass is 274 g/mol. The van der Waals surface area contributed by atoms with Crippen molar-refractivity contribution in [1.82, 2.24) is 4.98 Å². The summed E-state index contributed by atoms with van der Waals surface area (Å²) in [5.41, 5.74) is 1.70. The van der Waals surface area contributed by atoms with Crippen LogP contribution in [0.1, 0.15) is 5.76 Å². The first-order valence-corrected chi connectivity index (χ1v) is 7.27. The zero-order chi connectivity index (χ0) is 12.9. The molecule has 98 valence electrons. The number of hydrogen-bond acceptors (Lipinski definition) is 5. The van der Waals surface area contributed by atoms with E-state index in [1.165, 1.54) is 0 Å². The van der Waals surface area contributed by atoms with Crippen LogP contribution in [-0.2, 0) is 5.75 Å². The molecule has 0 fully saturated rings. The number of nitrogens with one attached hydrogen (secondary N) is 1. The highest BCUT2D eigenvalue weighted by Gasteiger charge is 2.03. The molecule has 0 atom stereocenters. The smallest absolute Gasteiger partial charge is 0.295 e. The molecular weight excluding hydrogens is 260 g/mol. The third-order valence-electron chi connectivity index (χ3n) is 2.64. The third-order valence-corrected chi connectivity index (χ3v) is 3.62. The fourth-order valence-electron chi connectivity index (χ4n) is 1.75. The van der Waals surface area contributed by atoms with Gasteiger partial charge in [-0.3, -0.25) is 0 Å². The quantitative estimate of drug-likeness (QED) is 0.693. The van der Waals surface area contributed by atoms with Crippen LogP contribution < -0.4 is 5.32 Å². The summed E-state index contributed by atoms with van der Waals surface area (Å²) < 4.78 is 10.8. The van der Waals surface area contributed by atoms with Crippen LogP contribution in [0.15, 0.2) is 51.5 Å². The largest absolute Gasteiger partial charge is 0.468 e. The van der Waals surface area contributed by atoms with E-state index in [4.69, 9.17) is 8.83 Å². The molecule has 0 bridgehead atoms. The van der Waals surface area contributed by atoms with Crippen LogP contribution in [0.3, 0.4) is 0 Å². The summed E-state index contributed by atoms with van der Waals surface area (Å²) in [6, 6.07) is 12.2. The van der Waals surface area contributed by atoms with E-state index in [-0.39, 0.29) is 0 Å². The van der Waals surface area contributed by atoms with Crippen molar-refractivity contribution in [2.24, 2.45) is 0 Å². The molecule has 0 aliphatic rings. The van der Waals surface area contributed by atoms with E-state index in [1.807, 2.05) is 48.2 Å². The zero-order valence-corrected chi connectivity index (χ0v) is 11.2. The lowest BCUT2D eigenvalue weighted by atomic mass is 10.3. The number of rotatable bonds is 6. The van der Waals surface area contributed by atoms with Gasteiger partial charge in [0.15, 0.2) is 5.58 Å². The Morgan fingerprint density at radius 2 is 2.11 bits per heavy atom. The molecule has 5 heteroatoms. The summed E-state index contributed by atoms with van der Waals surface area (Å²) in [7, 11) is 0. The number of aromatic nitrogens is 1. The molecule has 0 radical (unpaired) electrons. The average molecular weight is 274 g/mol. The van der Waals surface area contributed by atoms with Gasteiger partial charge in [-0.05, 0) is 24.3 Å². The molecule has 0 saturated carbocycles. The Hall–Kier alpha value is -1.88. The van der Waals surface area contributed by atoms with E-state index in [0.29, 0.717) is 6.01 Å². The Kier molecular flexibility index (Phi) is 3.74. The Labute approximate surface area is 115 Å². The van der Waals surface area contributed by atoms with Gasteiger partial charge < -0.3 is 14.2 Å². The fraction of sp³-hybridized carbons (Fsp3) is 0.214. The number of furan rings is 1. The third kappa shape index (κ3) is 3.12. The second-order valence-corrected chi connectivity index (χ2v) is 5.15. The van der Waals surface area contributed by atoms with Crippen molar-refractivity contribution in [2.75, 3.05) is 17.6 Å². The standard InChI is InChI=1S/C14H14N2O2S/c1-2-6-13-12(5-1)16-14(18-13)15-7-9-19-10-11-4-3-8-17-11/h1-6,8H,7,9-10H2,(H,15,16). The Balaban J connectivity index is 1.44. The van der Waals surface area contributed by atoms with Crippen LogP contribution in [0.2, 0.25) is 0 Å². The minimum absolute atomic E-state index is 0.583. The molecule has 0 amide bonds. The molecule has 3 rings (SSSR count). The number of anilines is 1. The molecule has 2 heterocycles. The molecular formula is C14H14N2O2S. The average Bonchev–Trinajstić information content (AvgIpc) is 3.06. The number of para-hydroxylation sites is 2. The maximum absolute atomic E-state index is 5.57. The first-order valence-electron chi connectivity index (χ1n) is 6.11. The van der Waals surface area contributed by atoms with Gasteiger partial charge in [-0.15, -0.1) is 0 Å². The van der Waals surface area contributed by atoms with Crippen molar-refractivity contribution < 1.29 is 8.83 Å². The highest BCUT2D eigenvalue weighted by atomic mass is 32.2.